The molecule has 0 amide bonds. The van der Waals surface area contributed by atoms with Crippen LogP contribution in [0.1, 0.15) is 45.1 Å². The number of nitrogens with zero attached hydrogens (tertiary/aromatic N) is 2. The molecule has 0 aromatic heterocycles. The monoisotopic (exact) mass is 308 g/mol. The van der Waals surface area contributed by atoms with Crippen LogP contribution in [0.15, 0.2) is 33.6 Å². The summed E-state index contributed by atoms with van der Waals surface area (Å²) in [5.74, 6) is 0.711. The second-order valence-corrected chi connectivity index (χ2v) is 7.50. The Morgan fingerprint density at radius 2 is 1.76 bits per heavy atom. The van der Waals surface area contributed by atoms with Crippen LogP contribution in [-0.2, 0) is 10.0 Å². The van der Waals surface area contributed by atoms with E-state index < -0.39 is 10.0 Å². The van der Waals surface area contributed by atoms with E-state index in [4.69, 9.17) is 0 Å². The molecule has 0 radical (unpaired) electrons. The highest BCUT2D eigenvalue weighted by atomic mass is 32.2. The predicted molar refractivity (Wildman–Crippen MR) is 86.1 cm³/mol. The number of benzene rings is 1. The van der Waals surface area contributed by atoms with Gasteiger partial charge in [0, 0.05) is 19.0 Å². The van der Waals surface area contributed by atoms with E-state index in [0.29, 0.717) is 5.84 Å². The highest BCUT2D eigenvalue weighted by Gasteiger charge is 2.21. The van der Waals surface area contributed by atoms with E-state index in [1.54, 1.807) is 24.3 Å². The molecule has 0 unspecified atom stereocenters. The van der Waals surface area contributed by atoms with Crippen molar-refractivity contribution in [3.05, 3.63) is 29.8 Å². The van der Waals surface area contributed by atoms with Crippen molar-refractivity contribution >= 4 is 15.9 Å². The van der Waals surface area contributed by atoms with Crippen molar-refractivity contribution in [3.8, 4) is 0 Å². The molecule has 0 saturated carbocycles. The minimum atomic E-state index is -3.61. The summed E-state index contributed by atoms with van der Waals surface area (Å²) in [6, 6.07) is 7.15. The first-order valence-corrected chi connectivity index (χ1v) is 9.01. The number of sulfonamides is 1. The van der Waals surface area contributed by atoms with Gasteiger partial charge in [-0.05, 0) is 45.7 Å². The van der Waals surface area contributed by atoms with E-state index in [0.717, 1.165) is 37.8 Å². The van der Waals surface area contributed by atoms with Crippen LogP contribution >= 0.6 is 0 Å². The molecule has 0 atom stereocenters. The van der Waals surface area contributed by atoms with Crippen molar-refractivity contribution < 1.29 is 8.42 Å². The Morgan fingerprint density at radius 3 is 2.38 bits per heavy atom. The topological polar surface area (TPSA) is 49.7 Å². The highest BCUT2D eigenvalue weighted by molar-refractivity contribution is 7.90. The molecule has 1 heterocycles. The molecule has 2 rings (SSSR count). The van der Waals surface area contributed by atoms with Crippen LogP contribution in [0.4, 0.5) is 0 Å². The maximum atomic E-state index is 12.5. The quantitative estimate of drug-likeness (QED) is 0.860. The zero-order valence-corrected chi connectivity index (χ0v) is 13.9. The molecule has 0 N–H and O–H groups in total. The molecule has 1 aromatic rings. The summed E-state index contributed by atoms with van der Waals surface area (Å²) < 4.78 is 29.1. The number of likely N-dealkylation sites (tertiary alicyclic amines) is 1. The maximum Gasteiger partial charge on any atom is 0.283 e. The lowest BCUT2D eigenvalue weighted by atomic mass is 10.2. The first-order chi connectivity index (χ1) is 9.90. The van der Waals surface area contributed by atoms with Crippen molar-refractivity contribution in [1.82, 2.24) is 4.90 Å². The molecule has 5 heteroatoms. The van der Waals surface area contributed by atoms with Crippen molar-refractivity contribution in [2.75, 3.05) is 6.54 Å². The van der Waals surface area contributed by atoms with Crippen molar-refractivity contribution in [2.45, 2.75) is 57.4 Å². The Bertz CT molecular complexity index is 604. The SMILES string of the molecule is Cc1ccc(S(=O)(=O)/N=C2\CCCCCN2C(C)C)cc1. The Labute approximate surface area is 127 Å². The second kappa shape index (κ2) is 6.60. The third-order valence-corrected chi connectivity index (χ3v) is 5.12. The lowest BCUT2D eigenvalue weighted by Gasteiger charge is -2.28. The van der Waals surface area contributed by atoms with Gasteiger partial charge in [0.15, 0.2) is 0 Å². The summed E-state index contributed by atoms with van der Waals surface area (Å²) in [7, 11) is -3.61. The van der Waals surface area contributed by atoms with Gasteiger partial charge in [0.05, 0.1) is 4.90 Å². The Balaban J connectivity index is 2.35. The van der Waals surface area contributed by atoms with Gasteiger partial charge in [-0.3, -0.25) is 0 Å². The standard InChI is InChI=1S/C16H24N2O2S/c1-13(2)18-12-6-4-5-7-16(18)17-21(19,20)15-10-8-14(3)9-11-15/h8-11,13H,4-7,12H2,1-3H3/b17-16+. The van der Waals surface area contributed by atoms with Crippen molar-refractivity contribution in [3.63, 3.8) is 0 Å². The molecule has 1 aliphatic rings. The third kappa shape index (κ3) is 4.06. The van der Waals surface area contributed by atoms with Gasteiger partial charge in [-0.2, -0.15) is 8.42 Å². The summed E-state index contributed by atoms with van der Waals surface area (Å²) in [6.07, 6.45) is 3.98. The fraction of sp³-hybridized carbons (Fsp3) is 0.562. The number of rotatable bonds is 3. The van der Waals surface area contributed by atoms with Crippen LogP contribution in [-0.4, -0.2) is 31.7 Å². The molecule has 1 saturated heterocycles. The number of hydrogen-bond donors (Lipinski definition) is 0. The zero-order valence-electron chi connectivity index (χ0n) is 13.0. The molecule has 1 aromatic carbocycles. The molecule has 4 nitrogen and oxygen atoms in total. The molecule has 1 aliphatic heterocycles. The van der Waals surface area contributed by atoms with Crippen LogP contribution in [0.3, 0.4) is 0 Å². The van der Waals surface area contributed by atoms with E-state index in [9.17, 15) is 8.42 Å². The van der Waals surface area contributed by atoms with Crippen molar-refractivity contribution in [1.29, 1.82) is 0 Å². The molecular formula is C16H24N2O2S. The van der Waals surface area contributed by atoms with E-state index in [2.05, 4.69) is 23.1 Å². The summed E-state index contributed by atoms with van der Waals surface area (Å²) in [6.45, 7) is 6.99. The van der Waals surface area contributed by atoms with Gasteiger partial charge >= 0.3 is 0 Å². The molecule has 0 aliphatic carbocycles. The molecule has 116 valence electrons. The number of amidine groups is 1. The van der Waals surface area contributed by atoms with E-state index in [1.165, 1.54) is 0 Å². The Hall–Kier alpha value is -1.36. The minimum absolute atomic E-state index is 0.272. The first-order valence-electron chi connectivity index (χ1n) is 7.57. The molecule has 1 fully saturated rings. The molecule has 21 heavy (non-hydrogen) atoms. The number of hydrogen-bond acceptors (Lipinski definition) is 2. The summed E-state index contributed by atoms with van der Waals surface area (Å²) in [5.41, 5.74) is 1.04. The van der Waals surface area contributed by atoms with Crippen molar-refractivity contribution in [2.24, 2.45) is 4.40 Å². The molecule has 0 bridgehead atoms. The summed E-state index contributed by atoms with van der Waals surface area (Å²) >= 11 is 0. The fourth-order valence-electron chi connectivity index (χ4n) is 2.57. The minimum Gasteiger partial charge on any atom is -0.357 e. The largest absolute Gasteiger partial charge is 0.357 e. The third-order valence-electron chi connectivity index (χ3n) is 3.80. The van der Waals surface area contributed by atoms with Gasteiger partial charge < -0.3 is 4.90 Å². The van der Waals surface area contributed by atoms with Gasteiger partial charge in [-0.25, -0.2) is 0 Å². The molecule has 0 spiro atoms. The summed E-state index contributed by atoms with van der Waals surface area (Å²) in [4.78, 5) is 2.40. The Kier molecular flexibility index (Phi) is 5.04. The van der Waals surface area contributed by atoms with E-state index >= 15 is 0 Å². The first kappa shape index (κ1) is 16.0. The van der Waals surface area contributed by atoms with E-state index in [-0.39, 0.29) is 10.9 Å². The number of aryl methyl sites for hydroxylation is 1. The maximum absolute atomic E-state index is 12.5. The second-order valence-electron chi connectivity index (χ2n) is 5.89. The normalized spacial score (nSPS) is 19.0. The smallest absolute Gasteiger partial charge is 0.283 e. The average Bonchev–Trinajstić information content (AvgIpc) is 2.64. The Morgan fingerprint density at radius 1 is 1.10 bits per heavy atom. The van der Waals surface area contributed by atoms with Gasteiger partial charge in [-0.15, -0.1) is 4.40 Å². The van der Waals surface area contributed by atoms with Crippen LogP contribution in [0.5, 0.6) is 0 Å². The lowest BCUT2D eigenvalue weighted by molar-refractivity contribution is 0.348. The van der Waals surface area contributed by atoms with Crippen LogP contribution in [0.2, 0.25) is 0 Å². The van der Waals surface area contributed by atoms with Gasteiger partial charge in [0.2, 0.25) is 0 Å². The average molecular weight is 308 g/mol. The highest BCUT2D eigenvalue weighted by Crippen LogP contribution is 2.19. The molecular weight excluding hydrogens is 284 g/mol. The van der Waals surface area contributed by atoms with Crippen LogP contribution in [0.25, 0.3) is 0 Å². The lowest BCUT2D eigenvalue weighted by Crippen LogP contribution is -2.37. The predicted octanol–water partition coefficient (Wildman–Crippen LogP) is 3.37. The van der Waals surface area contributed by atoms with Gasteiger partial charge in [-0.1, -0.05) is 24.1 Å². The summed E-state index contributed by atoms with van der Waals surface area (Å²) in [5, 5.41) is 0. The zero-order chi connectivity index (χ0) is 15.5. The van der Waals surface area contributed by atoms with Gasteiger partial charge in [0.1, 0.15) is 5.84 Å². The van der Waals surface area contributed by atoms with Crippen LogP contribution in [0, 0.1) is 6.92 Å². The fourth-order valence-corrected chi connectivity index (χ4v) is 3.63. The van der Waals surface area contributed by atoms with Gasteiger partial charge in [0.25, 0.3) is 10.0 Å². The van der Waals surface area contributed by atoms with E-state index in [1.807, 2.05) is 6.92 Å². The van der Waals surface area contributed by atoms with Crippen LogP contribution < -0.4 is 0 Å².